The summed E-state index contributed by atoms with van der Waals surface area (Å²) in [6.45, 7) is 1.97. The number of hydrogen-bond acceptors (Lipinski definition) is 5. The van der Waals surface area contributed by atoms with Gasteiger partial charge in [0.25, 0.3) is 17.5 Å². The number of allylic oxidation sites excluding steroid dienone is 1. The predicted molar refractivity (Wildman–Crippen MR) is 155 cm³/mol. The minimum atomic E-state index is -0.610. The van der Waals surface area contributed by atoms with Crippen molar-refractivity contribution in [3.63, 3.8) is 0 Å². The van der Waals surface area contributed by atoms with Crippen molar-refractivity contribution in [2.75, 3.05) is 5.32 Å². The SMILES string of the molecule is Cc1ccccc1/C=C/C(=O)c1ccc(NC(=O)/C(=C/c2ccc([N+](=O)[O-])cc2)NC(=O)c2ccccc2)cc1. The molecule has 2 amide bonds. The molecule has 0 spiro atoms. The number of hydrogen-bond donors (Lipinski definition) is 2. The molecule has 4 rings (SSSR count). The van der Waals surface area contributed by atoms with Crippen LogP contribution in [0.3, 0.4) is 0 Å². The molecule has 0 saturated carbocycles. The lowest BCUT2D eigenvalue weighted by Crippen LogP contribution is -2.30. The van der Waals surface area contributed by atoms with Crippen molar-refractivity contribution in [2.45, 2.75) is 6.92 Å². The molecule has 4 aromatic rings. The standard InChI is InChI=1S/C32H25N3O5/c1-22-7-5-6-8-24(22)15-20-30(36)25-13-16-27(17-14-25)33-32(38)29(34-31(37)26-9-3-2-4-10-26)21-23-11-18-28(19-12-23)35(39)40/h2-21H,1H3,(H,33,38)(H,34,37)/b20-15+,29-21-. The first-order chi connectivity index (χ1) is 19.3. The van der Waals surface area contributed by atoms with Gasteiger partial charge in [0, 0.05) is 28.9 Å². The second-order valence-electron chi connectivity index (χ2n) is 8.81. The summed E-state index contributed by atoms with van der Waals surface area (Å²) in [7, 11) is 0. The number of aryl methyl sites for hydroxylation is 1. The second kappa shape index (κ2) is 12.7. The number of nitro groups is 1. The fourth-order valence-corrected chi connectivity index (χ4v) is 3.75. The zero-order valence-electron chi connectivity index (χ0n) is 21.5. The van der Waals surface area contributed by atoms with Crippen LogP contribution in [0, 0.1) is 17.0 Å². The highest BCUT2D eigenvalue weighted by atomic mass is 16.6. The zero-order chi connectivity index (χ0) is 28.5. The van der Waals surface area contributed by atoms with Gasteiger partial charge in [-0.3, -0.25) is 24.5 Å². The van der Waals surface area contributed by atoms with Crippen LogP contribution >= 0.6 is 0 Å². The molecular weight excluding hydrogens is 506 g/mol. The molecule has 0 radical (unpaired) electrons. The zero-order valence-corrected chi connectivity index (χ0v) is 21.5. The van der Waals surface area contributed by atoms with E-state index in [1.165, 1.54) is 36.4 Å². The molecule has 4 aromatic carbocycles. The number of rotatable bonds is 9. The second-order valence-corrected chi connectivity index (χ2v) is 8.81. The molecule has 40 heavy (non-hydrogen) atoms. The van der Waals surface area contributed by atoms with Gasteiger partial charge in [0.2, 0.25) is 0 Å². The Morgan fingerprint density at radius 1 is 0.775 bits per heavy atom. The van der Waals surface area contributed by atoms with Crippen LogP contribution in [-0.2, 0) is 4.79 Å². The lowest BCUT2D eigenvalue weighted by molar-refractivity contribution is -0.384. The molecule has 0 aliphatic heterocycles. The van der Waals surface area contributed by atoms with E-state index in [-0.39, 0.29) is 17.2 Å². The largest absolute Gasteiger partial charge is 0.321 e. The van der Waals surface area contributed by atoms with Crippen molar-refractivity contribution in [3.05, 3.63) is 153 Å². The fraction of sp³-hybridized carbons (Fsp3) is 0.0312. The lowest BCUT2D eigenvalue weighted by atomic mass is 10.1. The van der Waals surface area contributed by atoms with Crippen LogP contribution in [0.5, 0.6) is 0 Å². The van der Waals surface area contributed by atoms with Gasteiger partial charge in [0.05, 0.1) is 4.92 Å². The van der Waals surface area contributed by atoms with Crippen LogP contribution in [0.4, 0.5) is 11.4 Å². The van der Waals surface area contributed by atoms with Gasteiger partial charge >= 0.3 is 0 Å². The van der Waals surface area contributed by atoms with E-state index in [1.807, 2.05) is 31.2 Å². The number of anilines is 1. The van der Waals surface area contributed by atoms with Gasteiger partial charge in [0.1, 0.15) is 5.70 Å². The van der Waals surface area contributed by atoms with E-state index in [0.717, 1.165) is 11.1 Å². The van der Waals surface area contributed by atoms with Crippen LogP contribution in [-0.4, -0.2) is 22.5 Å². The quantitative estimate of drug-likeness (QED) is 0.115. The Morgan fingerprint density at radius 3 is 2.08 bits per heavy atom. The number of non-ortho nitro benzene ring substituents is 1. The molecule has 0 aliphatic rings. The van der Waals surface area contributed by atoms with Crippen LogP contribution in [0.25, 0.3) is 12.2 Å². The summed E-state index contributed by atoms with van der Waals surface area (Å²) < 4.78 is 0. The maximum atomic E-state index is 13.2. The first-order valence-corrected chi connectivity index (χ1v) is 12.3. The Kier molecular flexibility index (Phi) is 8.73. The number of nitrogens with one attached hydrogen (secondary N) is 2. The molecule has 0 atom stereocenters. The van der Waals surface area contributed by atoms with Gasteiger partial charge in [-0.15, -0.1) is 0 Å². The summed E-state index contributed by atoms with van der Waals surface area (Å²) in [5, 5.41) is 16.3. The first-order valence-electron chi connectivity index (χ1n) is 12.3. The highest BCUT2D eigenvalue weighted by Gasteiger charge is 2.16. The summed E-state index contributed by atoms with van der Waals surface area (Å²) in [5.74, 6) is -1.29. The number of carbonyl (C=O) groups is 3. The average Bonchev–Trinajstić information content (AvgIpc) is 2.97. The van der Waals surface area contributed by atoms with E-state index >= 15 is 0 Å². The fourth-order valence-electron chi connectivity index (χ4n) is 3.75. The smallest absolute Gasteiger partial charge is 0.272 e. The number of benzene rings is 4. The van der Waals surface area contributed by atoms with Crippen molar-refractivity contribution in [2.24, 2.45) is 0 Å². The van der Waals surface area contributed by atoms with Gasteiger partial charge in [0.15, 0.2) is 5.78 Å². The minimum Gasteiger partial charge on any atom is -0.321 e. The average molecular weight is 532 g/mol. The van der Waals surface area contributed by atoms with Crippen molar-refractivity contribution in [1.82, 2.24) is 5.32 Å². The van der Waals surface area contributed by atoms with E-state index in [9.17, 15) is 24.5 Å². The van der Waals surface area contributed by atoms with E-state index in [4.69, 9.17) is 0 Å². The molecule has 0 aromatic heterocycles. The van der Waals surface area contributed by atoms with E-state index in [2.05, 4.69) is 10.6 Å². The summed E-state index contributed by atoms with van der Waals surface area (Å²) in [4.78, 5) is 49.0. The molecule has 0 unspecified atom stereocenters. The third-order valence-electron chi connectivity index (χ3n) is 5.97. The van der Waals surface area contributed by atoms with Crippen LogP contribution in [0.1, 0.15) is 37.4 Å². The lowest BCUT2D eigenvalue weighted by Gasteiger charge is -2.12. The molecule has 0 bridgehead atoms. The van der Waals surface area contributed by atoms with Crippen molar-refractivity contribution in [1.29, 1.82) is 0 Å². The Bertz CT molecular complexity index is 1610. The molecule has 8 nitrogen and oxygen atoms in total. The van der Waals surface area contributed by atoms with Gasteiger partial charge in [-0.2, -0.15) is 0 Å². The first kappa shape index (κ1) is 27.4. The van der Waals surface area contributed by atoms with E-state index in [1.54, 1.807) is 60.7 Å². The number of nitrogens with zero attached hydrogens (tertiary/aromatic N) is 1. The van der Waals surface area contributed by atoms with E-state index in [0.29, 0.717) is 22.4 Å². The Balaban J connectivity index is 1.51. The highest BCUT2D eigenvalue weighted by Crippen LogP contribution is 2.17. The minimum absolute atomic E-state index is 0.0657. The molecule has 8 heteroatoms. The molecule has 0 fully saturated rings. The maximum Gasteiger partial charge on any atom is 0.272 e. The third kappa shape index (κ3) is 7.23. The van der Waals surface area contributed by atoms with Gasteiger partial charge in [-0.1, -0.05) is 48.5 Å². The summed E-state index contributed by atoms with van der Waals surface area (Å²) in [6, 6.07) is 28.1. The summed E-state index contributed by atoms with van der Waals surface area (Å²) in [6.07, 6.45) is 4.69. The Morgan fingerprint density at radius 2 is 1.43 bits per heavy atom. The normalized spacial score (nSPS) is 11.2. The monoisotopic (exact) mass is 531 g/mol. The maximum absolute atomic E-state index is 13.2. The van der Waals surface area contributed by atoms with Crippen LogP contribution in [0.15, 0.2) is 115 Å². The molecular formula is C32H25N3O5. The van der Waals surface area contributed by atoms with Crippen molar-refractivity contribution >= 4 is 41.1 Å². The topological polar surface area (TPSA) is 118 Å². The number of amides is 2. The number of carbonyl (C=O) groups excluding carboxylic acids is 3. The van der Waals surface area contributed by atoms with Gasteiger partial charge in [-0.05, 0) is 84.3 Å². The highest BCUT2D eigenvalue weighted by molar-refractivity contribution is 6.11. The Hall–Kier alpha value is -5.63. The molecule has 198 valence electrons. The molecule has 0 aliphatic carbocycles. The van der Waals surface area contributed by atoms with Gasteiger partial charge in [-0.25, -0.2) is 0 Å². The molecule has 0 saturated heterocycles. The summed E-state index contributed by atoms with van der Waals surface area (Å²) in [5.41, 5.74) is 3.53. The Labute approximate surface area is 230 Å². The van der Waals surface area contributed by atoms with Crippen LogP contribution in [0.2, 0.25) is 0 Å². The van der Waals surface area contributed by atoms with Gasteiger partial charge < -0.3 is 10.6 Å². The van der Waals surface area contributed by atoms with E-state index < -0.39 is 16.7 Å². The van der Waals surface area contributed by atoms with Crippen molar-refractivity contribution in [3.8, 4) is 0 Å². The van der Waals surface area contributed by atoms with Crippen molar-refractivity contribution < 1.29 is 19.3 Å². The molecule has 0 heterocycles. The number of nitro benzene ring substituents is 1. The molecule has 2 N–H and O–H groups in total. The predicted octanol–water partition coefficient (Wildman–Crippen LogP) is 6.21. The summed E-state index contributed by atoms with van der Waals surface area (Å²) >= 11 is 0. The van der Waals surface area contributed by atoms with Crippen LogP contribution < -0.4 is 10.6 Å². The number of ketones is 1. The third-order valence-corrected chi connectivity index (χ3v) is 5.97.